The number of nitrogens with one attached hydrogen (secondary N) is 4. The summed E-state index contributed by atoms with van der Waals surface area (Å²) in [5.41, 5.74) is 14.9. The summed E-state index contributed by atoms with van der Waals surface area (Å²) in [5, 5.41) is 41.4. The molecule has 0 aliphatic carbocycles. The minimum absolute atomic E-state index is 0.521. The van der Waals surface area contributed by atoms with E-state index in [1.165, 1.54) is 126 Å². The molecule has 6 aromatic carbocycles. The zero-order valence-corrected chi connectivity index (χ0v) is 41.1. The van der Waals surface area contributed by atoms with E-state index in [1.54, 1.807) is 19.6 Å². The Balaban J connectivity index is 0.794. The Kier molecular flexibility index (Phi) is 14.5. The van der Waals surface area contributed by atoms with Crippen LogP contribution in [0.1, 0.15) is 97.3 Å². The van der Waals surface area contributed by atoms with Crippen molar-refractivity contribution >= 4 is 0 Å². The van der Waals surface area contributed by atoms with Crippen LogP contribution in [0.25, 0.3) is 44.5 Å². The first-order valence-electron chi connectivity index (χ1n) is 26.9. The van der Waals surface area contributed by atoms with Crippen LogP contribution in [0.15, 0.2) is 133 Å². The third kappa shape index (κ3) is 11.2. The number of benzene rings is 6. The highest BCUT2D eigenvalue weighted by atomic mass is 16.5. The average Bonchev–Trinajstić information content (AvgIpc) is 3.40. The summed E-state index contributed by atoms with van der Waals surface area (Å²) in [7, 11) is 0. The van der Waals surface area contributed by atoms with Gasteiger partial charge < -0.3 is 40.0 Å². The summed E-state index contributed by atoms with van der Waals surface area (Å²) in [4.78, 5) is 6.74. The Bertz CT molecular complexity index is 2290. The Morgan fingerprint density at radius 3 is 0.657 bits per heavy atom. The number of hydrogen-bond acceptors (Lipinski definition) is 4. The van der Waals surface area contributed by atoms with Gasteiger partial charge in [-0.15, -0.1) is 0 Å². The van der Waals surface area contributed by atoms with Crippen molar-refractivity contribution in [2.75, 3.05) is 52.4 Å². The molecule has 17 heterocycles. The lowest BCUT2D eigenvalue weighted by molar-refractivity contribution is -0.923. The van der Waals surface area contributed by atoms with Crippen molar-refractivity contribution in [2.24, 2.45) is 23.7 Å². The Morgan fingerprint density at radius 1 is 0.271 bits per heavy atom. The van der Waals surface area contributed by atoms with Gasteiger partial charge in [0.1, 0.15) is 26.2 Å². The molecule has 0 aromatic heterocycles. The zero-order chi connectivity index (χ0) is 47.6. The van der Waals surface area contributed by atoms with Crippen LogP contribution in [-0.2, 0) is 26.2 Å². The summed E-state index contributed by atoms with van der Waals surface area (Å²) in [6.07, 6.45) is 7.47. The van der Waals surface area contributed by atoms with Gasteiger partial charge in [-0.25, -0.2) is 0 Å². The molecule has 0 unspecified atom stereocenters. The average molecular weight is 941 g/mol. The molecule has 4 saturated heterocycles. The molecular weight excluding hydrogens is 865 g/mol. The van der Waals surface area contributed by atoms with Crippen molar-refractivity contribution in [1.82, 2.24) is 0 Å². The Labute approximate surface area is 415 Å². The van der Waals surface area contributed by atoms with Crippen LogP contribution in [0.5, 0.6) is 0 Å². The number of aliphatic hydroxyl groups excluding tert-OH is 2. The van der Waals surface area contributed by atoms with Crippen LogP contribution >= 0.6 is 0 Å². The first kappa shape index (κ1) is 47.3. The second-order valence-electron chi connectivity index (χ2n) is 22.3. The third-order valence-corrected chi connectivity index (χ3v) is 17.8. The zero-order valence-electron chi connectivity index (χ0n) is 41.1. The van der Waals surface area contributed by atoms with E-state index < -0.39 is 12.6 Å². The number of hydrogen-bond donors (Lipinski definition) is 8. The van der Waals surface area contributed by atoms with Gasteiger partial charge in [-0.3, -0.25) is 0 Å². The highest BCUT2D eigenvalue weighted by Crippen LogP contribution is 2.34. The fourth-order valence-electron chi connectivity index (χ4n) is 13.5. The molecule has 17 aliphatic rings. The maximum absolute atomic E-state index is 10.4. The lowest BCUT2D eigenvalue weighted by atomic mass is 9.78. The van der Waals surface area contributed by atoms with Gasteiger partial charge in [0.05, 0.1) is 52.4 Å². The molecule has 8 heteroatoms. The Morgan fingerprint density at radius 2 is 0.471 bits per heavy atom. The molecule has 4 fully saturated rings. The van der Waals surface area contributed by atoms with Crippen LogP contribution in [-0.4, -0.2) is 72.8 Å². The van der Waals surface area contributed by atoms with E-state index in [-0.39, 0.29) is 0 Å². The highest BCUT2D eigenvalue weighted by molar-refractivity contribution is 5.76. The first-order valence-corrected chi connectivity index (χ1v) is 26.9. The molecule has 8 nitrogen and oxygen atoms in total. The van der Waals surface area contributed by atoms with E-state index in [0.29, 0.717) is 11.1 Å². The topological polar surface area (TPSA) is 98.7 Å². The molecule has 0 saturated carbocycles. The van der Waals surface area contributed by atoms with Gasteiger partial charge in [0.25, 0.3) is 0 Å². The highest BCUT2D eigenvalue weighted by Gasteiger charge is 2.34. The van der Waals surface area contributed by atoms with Crippen molar-refractivity contribution in [1.29, 1.82) is 0 Å². The minimum atomic E-state index is -1.53. The van der Waals surface area contributed by atoms with E-state index >= 15 is 0 Å². The molecule has 364 valence electrons. The van der Waals surface area contributed by atoms with Crippen LogP contribution in [0.3, 0.4) is 0 Å². The smallest absolute Gasteiger partial charge is 0.178 e. The molecule has 17 aliphatic heterocycles. The summed E-state index contributed by atoms with van der Waals surface area (Å²) >= 11 is 0. The molecular formula is C62H76N4O4+4. The first-order chi connectivity index (χ1) is 34.2. The number of aliphatic hydroxyl groups is 4. The van der Waals surface area contributed by atoms with Crippen molar-refractivity contribution in [3.63, 3.8) is 0 Å². The maximum atomic E-state index is 10.4. The van der Waals surface area contributed by atoms with E-state index in [1.807, 2.05) is 24.3 Å². The van der Waals surface area contributed by atoms with Gasteiger partial charge in [0.2, 0.25) is 0 Å². The summed E-state index contributed by atoms with van der Waals surface area (Å²) < 4.78 is 0. The molecule has 20 bridgehead atoms. The van der Waals surface area contributed by atoms with E-state index in [4.69, 9.17) is 0 Å². The summed E-state index contributed by atoms with van der Waals surface area (Å²) in [5.74, 6) is 3.33. The molecule has 0 radical (unpaired) electrons. The van der Waals surface area contributed by atoms with Crippen molar-refractivity contribution in [3.8, 4) is 44.5 Å². The van der Waals surface area contributed by atoms with E-state index in [0.717, 1.165) is 94.4 Å². The van der Waals surface area contributed by atoms with Gasteiger partial charge in [0, 0.05) is 33.4 Å². The predicted molar refractivity (Wildman–Crippen MR) is 277 cm³/mol. The monoisotopic (exact) mass is 941 g/mol. The van der Waals surface area contributed by atoms with Crippen molar-refractivity contribution in [2.45, 2.75) is 90.1 Å². The number of piperidine rings is 4. The lowest BCUT2D eigenvalue weighted by Crippen LogP contribution is -3.12. The summed E-state index contributed by atoms with van der Waals surface area (Å²) in [6, 6.07) is 48.1. The minimum Gasteiger partial charge on any atom is -0.364 e. The quantitative estimate of drug-likeness (QED) is 0.115. The molecule has 6 aromatic rings. The largest absolute Gasteiger partial charge is 0.364 e. The second-order valence-corrected chi connectivity index (χ2v) is 22.3. The molecule has 8 N–H and O–H groups in total. The van der Waals surface area contributed by atoms with E-state index in [2.05, 4.69) is 109 Å². The van der Waals surface area contributed by atoms with Gasteiger partial charge in [0.15, 0.2) is 12.6 Å². The normalized spacial score (nSPS) is 26.3. The van der Waals surface area contributed by atoms with Crippen LogP contribution in [0, 0.1) is 23.7 Å². The molecule has 0 spiro atoms. The second kappa shape index (κ2) is 21.4. The fraction of sp³-hybridized carbons (Fsp3) is 0.419. The van der Waals surface area contributed by atoms with Crippen LogP contribution < -0.4 is 19.6 Å². The van der Waals surface area contributed by atoms with E-state index in [9.17, 15) is 20.4 Å². The predicted octanol–water partition coefficient (Wildman–Crippen LogP) is 5.21. The van der Waals surface area contributed by atoms with Crippen LogP contribution in [0.4, 0.5) is 0 Å². The lowest BCUT2D eigenvalue weighted by Gasteiger charge is -2.37. The Hall–Kier alpha value is -5.00. The van der Waals surface area contributed by atoms with Gasteiger partial charge >= 0.3 is 0 Å². The van der Waals surface area contributed by atoms with Crippen molar-refractivity contribution < 1.29 is 40.0 Å². The molecule has 23 rings (SSSR count). The summed E-state index contributed by atoms with van der Waals surface area (Å²) in [6.45, 7) is 14.1. The third-order valence-electron chi connectivity index (χ3n) is 17.8. The van der Waals surface area contributed by atoms with Gasteiger partial charge in [-0.05, 0) is 156 Å². The van der Waals surface area contributed by atoms with Crippen LogP contribution in [0.2, 0.25) is 0 Å². The number of quaternary nitrogens is 4. The fourth-order valence-corrected chi connectivity index (χ4v) is 13.5. The maximum Gasteiger partial charge on any atom is 0.178 e. The van der Waals surface area contributed by atoms with Gasteiger partial charge in [-0.1, -0.05) is 97.1 Å². The molecule has 70 heavy (non-hydrogen) atoms. The van der Waals surface area contributed by atoms with Crippen molar-refractivity contribution in [3.05, 3.63) is 167 Å². The van der Waals surface area contributed by atoms with Gasteiger partial charge in [-0.2, -0.15) is 0 Å². The number of rotatable bonds is 2. The molecule has 0 atom stereocenters. The molecule has 0 amide bonds. The SMILES string of the molecule is OC(O)c1cc2cc(c1)-c1ccc(cc1)C[NH+]1CCC(CC1)C1CC[NH+](CC1)Cc1ccc(cc1)-c1cc(cc(C(O)O)c1)-c1ccc(cc1)C[NH+]1CCC(CC1)C1CC[NH+](CC1)Cc1ccc-2cc1. The standard InChI is InChI=1S/C62H72N4O4/c67-61(68)59-35-55-33-56(36-59)48-11-3-44(4-12-48)40-65-29-21-53(22-30-65)54-23-31-66(32-24-54)42-46-7-15-50(16-8-46)58-34-57(37-60(38-58)62(69)70)49-13-5-45(6-14-49)41-64-27-19-52(20-28-64)51-17-25-63(26-18-51)39-43-1-9-47(55)10-2-43/h1-16,33-38,51-54,61-62,67-70H,17-32,39-42H2/p+4.